The number of rotatable bonds is 5. The van der Waals surface area contributed by atoms with Crippen LogP contribution in [0.1, 0.15) is 29.6 Å². The maximum atomic E-state index is 9.30. The maximum absolute atomic E-state index is 9.30. The number of hydrogen-bond acceptors (Lipinski definition) is 6. The predicted molar refractivity (Wildman–Crippen MR) is 119 cm³/mol. The molecule has 2 aromatic rings. The molecule has 164 valence electrons. The zero-order valence-corrected chi connectivity index (χ0v) is 18.9. The third kappa shape index (κ3) is 4.21. The summed E-state index contributed by atoms with van der Waals surface area (Å²) in [7, 11) is 0. The first-order valence-corrected chi connectivity index (χ1v) is 12.4. The van der Waals surface area contributed by atoms with Gasteiger partial charge in [0.1, 0.15) is 36.8 Å². The van der Waals surface area contributed by atoms with Crippen LogP contribution in [0.5, 0.6) is 0 Å². The molecule has 0 saturated carbocycles. The number of aromatic nitrogens is 2. The summed E-state index contributed by atoms with van der Waals surface area (Å²) < 4.78 is 5.53. The summed E-state index contributed by atoms with van der Waals surface area (Å²) in [6, 6.07) is 0. The highest BCUT2D eigenvalue weighted by Gasteiger charge is 2.29. The summed E-state index contributed by atoms with van der Waals surface area (Å²) >= 11 is 1.92. The minimum atomic E-state index is 0.274. The Balaban J connectivity index is 1.49. The van der Waals surface area contributed by atoms with Gasteiger partial charge in [0.2, 0.25) is 0 Å². The Morgan fingerprint density at radius 2 is 1.93 bits per heavy atom. The number of nitrogens with zero attached hydrogens (tertiary/aromatic N) is 3. The number of aliphatic hydroxyl groups is 1. The van der Waals surface area contributed by atoms with E-state index < -0.39 is 0 Å². The Kier molecular flexibility index (Phi) is 6.20. The van der Waals surface area contributed by atoms with E-state index in [0.717, 1.165) is 83.7 Å². The van der Waals surface area contributed by atoms with Gasteiger partial charge in [0.15, 0.2) is 5.82 Å². The summed E-state index contributed by atoms with van der Waals surface area (Å²) in [6.07, 6.45) is 3.62. The molecule has 1 aliphatic carbocycles. The minimum absolute atomic E-state index is 0.274. The topological polar surface area (TPSA) is 67.4 Å². The molecule has 2 aliphatic heterocycles. The maximum Gasteiger partial charge on any atom is 0.187 e. The van der Waals surface area contributed by atoms with Crippen molar-refractivity contribution >= 4 is 27.4 Å². The van der Waals surface area contributed by atoms with Gasteiger partial charge in [-0.3, -0.25) is 0 Å². The highest BCUT2D eigenvalue weighted by molar-refractivity contribution is 7.19. The molecule has 30 heavy (non-hydrogen) atoms. The second kappa shape index (κ2) is 9.04. The summed E-state index contributed by atoms with van der Waals surface area (Å²) in [5.41, 5.74) is 1.53. The molecule has 0 aromatic carbocycles. The number of aliphatic hydroxyl groups excluding tert-OH is 1. The fourth-order valence-corrected chi connectivity index (χ4v) is 6.57. The van der Waals surface area contributed by atoms with Gasteiger partial charge in [-0.1, -0.05) is 6.92 Å². The monoisotopic (exact) mass is 433 g/mol. The number of piperazine rings is 1. The molecule has 3 N–H and O–H groups in total. The molecule has 2 saturated heterocycles. The standard InChI is InChI=1S/C22H33N5O2S/c1-16-2-3-17-18(14-16)30-22-20(17)21(27-6-4-25(5-7-27)8-11-28)23-19(24-22)15-26-9-12-29-13-10-26/h16,28H,2-15H2,1H3/p+2/t16-/m1/s1. The number of ether oxygens (including phenoxy) is 1. The summed E-state index contributed by atoms with van der Waals surface area (Å²) in [6.45, 7) is 12.3. The van der Waals surface area contributed by atoms with Gasteiger partial charge >= 0.3 is 0 Å². The lowest BCUT2D eigenvalue weighted by Crippen LogP contribution is -3.15. The number of aryl methyl sites for hydroxylation is 1. The van der Waals surface area contributed by atoms with Crippen molar-refractivity contribution in [3.05, 3.63) is 16.3 Å². The lowest BCUT2D eigenvalue weighted by atomic mass is 9.89. The molecule has 1 atom stereocenters. The van der Waals surface area contributed by atoms with E-state index in [1.165, 1.54) is 44.2 Å². The van der Waals surface area contributed by atoms with Gasteiger partial charge in [0, 0.05) is 4.88 Å². The molecular weight excluding hydrogens is 398 g/mol. The number of morpholine rings is 1. The summed E-state index contributed by atoms with van der Waals surface area (Å²) in [4.78, 5) is 18.5. The average Bonchev–Trinajstić information content (AvgIpc) is 3.12. The molecule has 7 nitrogen and oxygen atoms in total. The van der Waals surface area contributed by atoms with Gasteiger partial charge in [0.05, 0.1) is 51.4 Å². The first-order valence-electron chi connectivity index (χ1n) is 11.6. The molecule has 3 aliphatic rings. The van der Waals surface area contributed by atoms with Crippen LogP contribution in [-0.2, 0) is 24.1 Å². The smallest absolute Gasteiger partial charge is 0.187 e. The van der Waals surface area contributed by atoms with Crippen LogP contribution >= 0.6 is 11.3 Å². The SMILES string of the molecule is C[C@@H]1CCc2c(sc3nc(C[NH+]4CCOCC4)nc(N4CC[NH+](CCO)CC4)c23)C1. The first-order chi connectivity index (χ1) is 14.7. The van der Waals surface area contributed by atoms with Crippen molar-refractivity contribution in [3.8, 4) is 0 Å². The van der Waals surface area contributed by atoms with Crippen LogP contribution in [0.15, 0.2) is 0 Å². The zero-order valence-electron chi connectivity index (χ0n) is 18.1. The van der Waals surface area contributed by atoms with Gasteiger partial charge in [-0.2, -0.15) is 0 Å². The van der Waals surface area contributed by atoms with Crippen LogP contribution in [0.3, 0.4) is 0 Å². The van der Waals surface area contributed by atoms with E-state index in [0.29, 0.717) is 0 Å². The fraction of sp³-hybridized carbons (Fsp3) is 0.727. The summed E-state index contributed by atoms with van der Waals surface area (Å²) in [5.74, 6) is 2.94. The van der Waals surface area contributed by atoms with E-state index in [-0.39, 0.29) is 6.61 Å². The van der Waals surface area contributed by atoms with Gasteiger partial charge in [-0.05, 0) is 30.7 Å². The molecule has 0 radical (unpaired) electrons. The van der Waals surface area contributed by atoms with Crippen molar-refractivity contribution in [2.24, 2.45) is 5.92 Å². The molecule has 0 bridgehead atoms. The van der Waals surface area contributed by atoms with Crippen LogP contribution in [0.25, 0.3) is 10.2 Å². The Labute approximate surface area is 182 Å². The highest BCUT2D eigenvalue weighted by atomic mass is 32.1. The highest BCUT2D eigenvalue weighted by Crippen LogP contribution is 2.41. The molecule has 4 heterocycles. The third-order valence-corrected chi connectivity index (χ3v) is 8.17. The normalized spacial score (nSPS) is 23.8. The van der Waals surface area contributed by atoms with Crippen molar-refractivity contribution in [2.45, 2.75) is 32.7 Å². The number of fused-ring (bicyclic) bond motifs is 3. The van der Waals surface area contributed by atoms with Gasteiger partial charge in [0.25, 0.3) is 0 Å². The zero-order chi connectivity index (χ0) is 20.5. The van der Waals surface area contributed by atoms with Crippen molar-refractivity contribution < 1.29 is 19.6 Å². The third-order valence-electron chi connectivity index (χ3n) is 7.03. The molecule has 8 heteroatoms. The van der Waals surface area contributed by atoms with E-state index in [1.807, 2.05) is 11.3 Å². The van der Waals surface area contributed by atoms with Crippen LogP contribution in [0.2, 0.25) is 0 Å². The number of anilines is 1. The van der Waals surface area contributed by atoms with Crippen molar-refractivity contribution in [1.29, 1.82) is 0 Å². The fourth-order valence-electron chi connectivity index (χ4n) is 5.18. The molecule has 0 amide bonds. The van der Waals surface area contributed by atoms with Gasteiger partial charge in [-0.25, -0.2) is 9.97 Å². The van der Waals surface area contributed by atoms with E-state index in [2.05, 4.69) is 11.8 Å². The lowest BCUT2D eigenvalue weighted by molar-refractivity contribution is -0.922. The van der Waals surface area contributed by atoms with Crippen LogP contribution in [0, 0.1) is 5.92 Å². The molecule has 0 unspecified atom stereocenters. The lowest BCUT2D eigenvalue weighted by Gasteiger charge is -2.33. The number of hydrogen-bond donors (Lipinski definition) is 3. The Morgan fingerprint density at radius 1 is 1.13 bits per heavy atom. The van der Waals surface area contributed by atoms with Crippen molar-refractivity contribution in [3.63, 3.8) is 0 Å². The van der Waals surface area contributed by atoms with E-state index in [9.17, 15) is 5.11 Å². The quantitative estimate of drug-likeness (QED) is 0.560. The second-order valence-corrected chi connectivity index (χ2v) is 10.3. The number of quaternary nitrogens is 2. The first kappa shape index (κ1) is 20.6. The number of nitrogens with one attached hydrogen (secondary N) is 2. The van der Waals surface area contributed by atoms with Crippen LogP contribution in [-0.4, -0.2) is 80.7 Å². The summed E-state index contributed by atoms with van der Waals surface area (Å²) in [5, 5.41) is 10.6. The minimum Gasteiger partial charge on any atom is -0.391 e. The molecule has 5 rings (SSSR count). The van der Waals surface area contributed by atoms with Crippen molar-refractivity contribution in [1.82, 2.24) is 9.97 Å². The Morgan fingerprint density at radius 3 is 2.70 bits per heavy atom. The average molecular weight is 434 g/mol. The van der Waals surface area contributed by atoms with Crippen LogP contribution in [0.4, 0.5) is 5.82 Å². The largest absolute Gasteiger partial charge is 0.391 e. The van der Waals surface area contributed by atoms with Crippen molar-refractivity contribution in [2.75, 3.05) is 70.5 Å². The second-order valence-electron chi connectivity index (χ2n) is 9.25. The molecule has 2 fully saturated rings. The van der Waals surface area contributed by atoms with E-state index in [4.69, 9.17) is 14.7 Å². The Bertz CT molecular complexity index is 874. The predicted octanol–water partition coefficient (Wildman–Crippen LogP) is -1.07. The number of thiophene rings is 1. The molecular formula is C22H35N5O2S+2. The molecule has 0 spiro atoms. The van der Waals surface area contributed by atoms with Crippen LogP contribution < -0.4 is 14.7 Å². The van der Waals surface area contributed by atoms with Gasteiger partial charge < -0.3 is 24.5 Å². The Hall–Kier alpha value is -1.32. The van der Waals surface area contributed by atoms with Gasteiger partial charge in [-0.15, -0.1) is 11.3 Å². The molecule has 2 aromatic heterocycles. The van der Waals surface area contributed by atoms with E-state index >= 15 is 0 Å². The van der Waals surface area contributed by atoms with E-state index in [1.54, 1.807) is 4.88 Å².